The average Bonchev–Trinajstić information content (AvgIpc) is 3.18. The zero-order chi connectivity index (χ0) is 22.6. The number of hydrogen-bond donors (Lipinski definition) is 2. The second-order valence-corrected chi connectivity index (χ2v) is 13.2. The van der Waals surface area contributed by atoms with Crippen molar-refractivity contribution in [2.45, 2.75) is 103 Å². The van der Waals surface area contributed by atoms with E-state index in [2.05, 4.69) is 27.7 Å². The summed E-state index contributed by atoms with van der Waals surface area (Å²) in [6, 6.07) is 0. The third kappa shape index (κ3) is 2.74. The lowest BCUT2D eigenvalue weighted by atomic mass is 9.44. The summed E-state index contributed by atoms with van der Waals surface area (Å²) in [5, 5.41) is 20.8. The van der Waals surface area contributed by atoms with Crippen LogP contribution in [0.2, 0.25) is 0 Å². The van der Waals surface area contributed by atoms with Crippen molar-refractivity contribution in [3.8, 4) is 0 Å². The van der Waals surface area contributed by atoms with Crippen molar-refractivity contribution >= 4 is 5.78 Å². The summed E-state index contributed by atoms with van der Waals surface area (Å²) in [7, 11) is 0. The number of ether oxygens (including phenoxy) is 2. The summed E-state index contributed by atoms with van der Waals surface area (Å²) in [6.45, 7) is 10.2. The Morgan fingerprint density at radius 2 is 1.75 bits per heavy atom. The zero-order valence-electron chi connectivity index (χ0n) is 20.3. The third-order valence-corrected chi connectivity index (χ3v) is 11.7. The lowest BCUT2D eigenvalue weighted by Crippen LogP contribution is -2.59. The van der Waals surface area contributed by atoms with E-state index >= 15 is 0 Å². The predicted octanol–water partition coefficient (Wildman–Crippen LogP) is 3.94. The van der Waals surface area contributed by atoms with Crippen LogP contribution in [0.4, 0.5) is 0 Å². The number of aliphatic hydroxyl groups is 2. The number of aliphatic hydroxyl groups excluding tert-OH is 2. The molecule has 5 nitrogen and oxygen atoms in total. The molecule has 0 aromatic heterocycles. The van der Waals surface area contributed by atoms with Gasteiger partial charge in [-0.05, 0) is 78.9 Å². The standard InChI is InChI=1S/C27H42O5/c1-14-5-8-27(31-13-14)15(2)24-23(32-27)11-18-16-9-20(28)19-10-21(29)22(30)12-26(19,4)17(16)6-7-25(18,24)3/h14-19,21-24,29-30H,5-13H2,1-4H3/t14-,15+,16-,17-,18+,19-,21-,22-,23+,24+,25+,26-,27-/m1/s1. The Labute approximate surface area is 192 Å². The van der Waals surface area contributed by atoms with Crippen LogP contribution in [0.1, 0.15) is 79.1 Å². The van der Waals surface area contributed by atoms with Gasteiger partial charge < -0.3 is 19.7 Å². The summed E-state index contributed by atoms with van der Waals surface area (Å²) in [6.07, 6.45) is 5.97. The summed E-state index contributed by atoms with van der Waals surface area (Å²) >= 11 is 0. The maximum Gasteiger partial charge on any atom is 0.171 e. The summed E-state index contributed by atoms with van der Waals surface area (Å²) < 4.78 is 13.2. The van der Waals surface area contributed by atoms with Gasteiger partial charge in [-0.25, -0.2) is 0 Å². The second-order valence-electron chi connectivity index (χ2n) is 13.2. The lowest BCUT2D eigenvalue weighted by molar-refractivity contribution is -0.273. The van der Waals surface area contributed by atoms with Crippen LogP contribution in [0.25, 0.3) is 0 Å². The monoisotopic (exact) mass is 446 g/mol. The van der Waals surface area contributed by atoms with E-state index in [1.807, 2.05) is 0 Å². The molecule has 4 saturated carbocycles. The fraction of sp³-hybridized carbons (Fsp3) is 0.963. The molecule has 0 aromatic rings. The minimum atomic E-state index is -0.753. The van der Waals surface area contributed by atoms with Crippen LogP contribution >= 0.6 is 0 Å². The highest BCUT2D eigenvalue weighted by molar-refractivity contribution is 5.83. The van der Waals surface area contributed by atoms with Crippen LogP contribution in [0.3, 0.4) is 0 Å². The molecule has 32 heavy (non-hydrogen) atoms. The highest BCUT2D eigenvalue weighted by atomic mass is 16.7. The van der Waals surface area contributed by atoms with Crippen LogP contribution in [0.15, 0.2) is 0 Å². The molecule has 5 heteroatoms. The fourth-order valence-electron chi connectivity index (χ4n) is 10.1. The molecule has 6 fully saturated rings. The maximum atomic E-state index is 13.4. The average molecular weight is 447 g/mol. The highest BCUT2D eigenvalue weighted by Gasteiger charge is 2.70. The van der Waals surface area contributed by atoms with E-state index in [0.29, 0.717) is 60.6 Å². The smallest absolute Gasteiger partial charge is 0.171 e. The fourth-order valence-corrected chi connectivity index (χ4v) is 10.1. The number of ketones is 1. The first kappa shape index (κ1) is 22.0. The molecule has 0 unspecified atom stereocenters. The minimum Gasteiger partial charge on any atom is -0.390 e. The number of hydrogen-bond acceptors (Lipinski definition) is 5. The summed E-state index contributed by atoms with van der Waals surface area (Å²) in [5.74, 6) is 2.69. The van der Waals surface area contributed by atoms with Gasteiger partial charge in [0.05, 0.1) is 24.9 Å². The first-order valence-electron chi connectivity index (χ1n) is 13.3. The molecular weight excluding hydrogens is 404 g/mol. The number of Topliss-reactive ketones (excluding diaryl/α,β-unsaturated/α-hetero) is 1. The van der Waals surface area contributed by atoms with Crippen LogP contribution in [0, 0.1) is 52.3 Å². The van der Waals surface area contributed by atoms with E-state index < -0.39 is 18.0 Å². The molecule has 0 radical (unpaired) electrons. The third-order valence-electron chi connectivity index (χ3n) is 11.7. The first-order chi connectivity index (χ1) is 15.1. The molecule has 0 amide bonds. The Balaban J connectivity index is 1.29. The molecule has 4 aliphatic carbocycles. The van der Waals surface area contributed by atoms with Crippen LogP contribution in [-0.4, -0.2) is 46.7 Å². The highest BCUT2D eigenvalue weighted by Crippen LogP contribution is 2.71. The molecule has 1 spiro atoms. The molecule has 2 saturated heterocycles. The van der Waals surface area contributed by atoms with E-state index in [9.17, 15) is 15.0 Å². The topological polar surface area (TPSA) is 76.0 Å². The number of carbonyl (C=O) groups is 1. The van der Waals surface area contributed by atoms with E-state index in [4.69, 9.17) is 9.47 Å². The molecule has 6 rings (SSSR count). The SMILES string of the molecule is C[C@@H]1CC[C@@]2(OC1)O[C@H]1C[C@H]3[C@@H]4CC(=O)[C@H]5C[C@@H](O)[C@H](O)C[C@]5(C)[C@@H]4CC[C@]3(C)[C@H]1[C@@H]2C. The van der Waals surface area contributed by atoms with Gasteiger partial charge in [0.1, 0.15) is 5.78 Å². The molecule has 2 N–H and O–H groups in total. The maximum absolute atomic E-state index is 13.4. The van der Waals surface area contributed by atoms with Gasteiger partial charge in [-0.2, -0.15) is 0 Å². The van der Waals surface area contributed by atoms with Crippen molar-refractivity contribution in [1.29, 1.82) is 0 Å². The van der Waals surface area contributed by atoms with Gasteiger partial charge in [0, 0.05) is 24.7 Å². The van der Waals surface area contributed by atoms with E-state index in [0.717, 1.165) is 25.9 Å². The molecule has 0 aromatic carbocycles. The van der Waals surface area contributed by atoms with Gasteiger partial charge in [-0.15, -0.1) is 0 Å². The van der Waals surface area contributed by atoms with Crippen LogP contribution in [0.5, 0.6) is 0 Å². The minimum absolute atomic E-state index is 0.0940. The second kappa shape index (κ2) is 7.02. The number of fused-ring (bicyclic) bond motifs is 7. The van der Waals surface area contributed by atoms with Crippen LogP contribution < -0.4 is 0 Å². The molecule has 2 heterocycles. The van der Waals surface area contributed by atoms with E-state index in [1.54, 1.807) is 0 Å². The Bertz CT molecular complexity index is 789. The zero-order valence-corrected chi connectivity index (χ0v) is 20.3. The van der Waals surface area contributed by atoms with Gasteiger partial charge >= 0.3 is 0 Å². The Morgan fingerprint density at radius 3 is 2.47 bits per heavy atom. The number of carbonyl (C=O) groups excluding carboxylic acids is 1. The van der Waals surface area contributed by atoms with Crippen molar-refractivity contribution in [3.63, 3.8) is 0 Å². The molecule has 2 aliphatic heterocycles. The Morgan fingerprint density at radius 1 is 0.969 bits per heavy atom. The van der Waals surface area contributed by atoms with Crippen molar-refractivity contribution < 1.29 is 24.5 Å². The van der Waals surface area contributed by atoms with Gasteiger partial charge in [0.25, 0.3) is 0 Å². The largest absolute Gasteiger partial charge is 0.390 e. The molecular formula is C27H42O5. The molecule has 13 atom stereocenters. The summed E-state index contributed by atoms with van der Waals surface area (Å²) in [5.41, 5.74) is 0.00540. The van der Waals surface area contributed by atoms with Crippen molar-refractivity contribution in [3.05, 3.63) is 0 Å². The van der Waals surface area contributed by atoms with Crippen molar-refractivity contribution in [2.24, 2.45) is 52.3 Å². The number of rotatable bonds is 0. The first-order valence-corrected chi connectivity index (χ1v) is 13.3. The van der Waals surface area contributed by atoms with Gasteiger partial charge in [-0.1, -0.05) is 27.7 Å². The molecule has 6 aliphatic rings. The van der Waals surface area contributed by atoms with Crippen molar-refractivity contribution in [1.82, 2.24) is 0 Å². The van der Waals surface area contributed by atoms with E-state index in [-0.39, 0.29) is 22.9 Å². The molecule has 0 bridgehead atoms. The van der Waals surface area contributed by atoms with Gasteiger partial charge in [0.15, 0.2) is 5.79 Å². The quantitative estimate of drug-likeness (QED) is 0.589. The van der Waals surface area contributed by atoms with Crippen LogP contribution in [-0.2, 0) is 14.3 Å². The van der Waals surface area contributed by atoms with Crippen molar-refractivity contribution in [2.75, 3.05) is 6.61 Å². The van der Waals surface area contributed by atoms with E-state index in [1.165, 1.54) is 12.8 Å². The normalized spacial score (nSPS) is 61.8. The predicted molar refractivity (Wildman–Crippen MR) is 120 cm³/mol. The summed E-state index contributed by atoms with van der Waals surface area (Å²) in [4.78, 5) is 13.4. The Hall–Kier alpha value is -0.490. The Kier molecular flexibility index (Phi) is 4.83. The molecule has 180 valence electrons. The lowest BCUT2D eigenvalue weighted by Gasteiger charge is -2.61. The van der Waals surface area contributed by atoms with Gasteiger partial charge in [0.2, 0.25) is 0 Å². The van der Waals surface area contributed by atoms with Gasteiger partial charge in [-0.3, -0.25) is 4.79 Å².